The van der Waals surface area contributed by atoms with E-state index in [0.717, 1.165) is 6.42 Å². The maximum absolute atomic E-state index is 12.0. The molecule has 0 bridgehead atoms. The Morgan fingerprint density at radius 2 is 2.21 bits per heavy atom. The van der Waals surface area contributed by atoms with E-state index in [1.807, 2.05) is 0 Å². The van der Waals surface area contributed by atoms with Gasteiger partial charge in [-0.15, -0.1) is 0 Å². The van der Waals surface area contributed by atoms with E-state index in [0.29, 0.717) is 19.0 Å². The number of aromatic carboxylic acids is 1. The number of halogens is 1. The normalized spacial score (nSPS) is 18.4. The van der Waals surface area contributed by atoms with Gasteiger partial charge in [-0.05, 0) is 24.5 Å². The van der Waals surface area contributed by atoms with Gasteiger partial charge in [0, 0.05) is 13.1 Å². The van der Waals surface area contributed by atoms with Crippen LogP contribution in [0.4, 0.5) is 10.5 Å². The first-order chi connectivity index (χ1) is 8.99. The molecule has 2 rings (SSSR count). The summed E-state index contributed by atoms with van der Waals surface area (Å²) in [5.74, 6) is -0.681. The lowest BCUT2D eigenvalue weighted by molar-refractivity contribution is 0.0698. The summed E-state index contributed by atoms with van der Waals surface area (Å²) in [6.45, 7) is 3.46. The Kier molecular flexibility index (Phi) is 3.95. The maximum atomic E-state index is 12.0. The molecule has 0 saturated carbocycles. The van der Waals surface area contributed by atoms with E-state index in [4.69, 9.17) is 16.7 Å². The van der Waals surface area contributed by atoms with Gasteiger partial charge in [0.25, 0.3) is 0 Å². The van der Waals surface area contributed by atoms with Gasteiger partial charge in [-0.25, -0.2) is 9.59 Å². The van der Waals surface area contributed by atoms with Crippen LogP contribution in [-0.4, -0.2) is 35.1 Å². The van der Waals surface area contributed by atoms with Gasteiger partial charge < -0.3 is 15.3 Å². The highest BCUT2D eigenvalue weighted by Crippen LogP contribution is 2.25. The molecule has 1 aromatic carbocycles. The minimum Gasteiger partial charge on any atom is -0.478 e. The molecule has 0 aromatic heterocycles. The van der Waals surface area contributed by atoms with Crippen LogP contribution in [0.15, 0.2) is 18.2 Å². The molecule has 5 nitrogen and oxygen atoms in total. The fraction of sp³-hybridized carbons (Fsp3) is 0.385. The zero-order valence-corrected chi connectivity index (χ0v) is 11.3. The summed E-state index contributed by atoms with van der Waals surface area (Å²) in [6.07, 6.45) is 0.967. The number of amides is 2. The molecule has 102 valence electrons. The molecular weight excluding hydrogens is 268 g/mol. The average Bonchev–Trinajstić information content (AvgIpc) is 2.75. The van der Waals surface area contributed by atoms with Gasteiger partial charge in [-0.3, -0.25) is 0 Å². The van der Waals surface area contributed by atoms with Crippen LogP contribution in [0.1, 0.15) is 23.7 Å². The summed E-state index contributed by atoms with van der Waals surface area (Å²) >= 11 is 5.84. The van der Waals surface area contributed by atoms with Gasteiger partial charge >= 0.3 is 12.0 Å². The lowest BCUT2D eigenvalue weighted by Crippen LogP contribution is -2.33. The van der Waals surface area contributed by atoms with Crippen molar-refractivity contribution in [1.29, 1.82) is 0 Å². The van der Waals surface area contributed by atoms with E-state index in [2.05, 4.69) is 12.2 Å². The largest absolute Gasteiger partial charge is 0.478 e. The highest BCUT2D eigenvalue weighted by molar-refractivity contribution is 6.34. The van der Waals surface area contributed by atoms with Gasteiger partial charge in [-0.1, -0.05) is 24.6 Å². The first-order valence-electron chi connectivity index (χ1n) is 6.06. The van der Waals surface area contributed by atoms with E-state index >= 15 is 0 Å². The van der Waals surface area contributed by atoms with Crippen LogP contribution in [0, 0.1) is 5.92 Å². The molecule has 2 amide bonds. The molecule has 2 N–H and O–H groups in total. The van der Waals surface area contributed by atoms with Gasteiger partial charge in [0.2, 0.25) is 0 Å². The predicted octanol–water partition coefficient (Wildman–Crippen LogP) is 2.91. The van der Waals surface area contributed by atoms with Crippen molar-refractivity contribution < 1.29 is 14.7 Å². The molecule has 1 heterocycles. The van der Waals surface area contributed by atoms with E-state index in [1.165, 1.54) is 12.1 Å². The zero-order chi connectivity index (χ0) is 14.0. The number of anilines is 1. The molecule has 1 fully saturated rings. The van der Waals surface area contributed by atoms with Crippen LogP contribution < -0.4 is 5.32 Å². The molecule has 0 aliphatic carbocycles. The molecule has 1 saturated heterocycles. The lowest BCUT2D eigenvalue weighted by Gasteiger charge is -2.18. The third-order valence-electron chi connectivity index (χ3n) is 3.18. The Morgan fingerprint density at radius 1 is 1.47 bits per heavy atom. The average molecular weight is 283 g/mol. The Balaban J connectivity index is 2.17. The molecule has 1 aromatic rings. The second-order valence-electron chi connectivity index (χ2n) is 4.74. The predicted molar refractivity (Wildman–Crippen MR) is 72.8 cm³/mol. The SMILES string of the molecule is CC1CCN(C(=O)Nc2cccc(Cl)c2C(=O)O)C1. The van der Waals surface area contributed by atoms with Crippen LogP contribution in [0.2, 0.25) is 5.02 Å². The Bertz CT molecular complexity index is 519. The van der Waals surface area contributed by atoms with E-state index in [1.54, 1.807) is 11.0 Å². The summed E-state index contributed by atoms with van der Waals surface area (Å²) in [6, 6.07) is 4.34. The van der Waals surface area contributed by atoms with Crippen molar-refractivity contribution in [3.05, 3.63) is 28.8 Å². The third-order valence-corrected chi connectivity index (χ3v) is 3.50. The van der Waals surface area contributed by atoms with Crippen LogP contribution in [0.5, 0.6) is 0 Å². The van der Waals surface area contributed by atoms with Crippen molar-refractivity contribution in [3.8, 4) is 0 Å². The number of likely N-dealkylation sites (tertiary alicyclic amines) is 1. The lowest BCUT2D eigenvalue weighted by atomic mass is 10.2. The summed E-state index contributed by atoms with van der Waals surface area (Å²) in [5, 5.41) is 11.8. The second-order valence-corrected chi connectivity index (χ2v) is 5.14. The van der Waals surface area contributed by atoms with Crippen LogP contribution in [0.25, 0.3) is 0 Å². The number of urea groups is 1. The topological polar surface area (TPSA) is 69.6 Å². The first kappa shape index (κ1) is 13.7. The fourth-order valence-electron chi connectivity index (χ4n) is 2.16. The van der Waals surface area contributed by atoms with Crippen molar-refractivity contribution in [2.45, 2.75) is 13.3 Å². The molecule has 0 spiro atoms. The van der Waals surface area contributed by atoms with E-state index in [9.17, 15) is 9.59 Å². The second kappa shape index (κ2) is 5.48. The smallest absolute Gasteiger partial charge is 0.339 e. The molecule has 1 atom stereocenters. The maximum Gasteiger partial charge on any atom is 0.339 e. The van der Waals surface area contributed by atoms with Crippen molar-refractivity contribution in [2.75, 3.05) is 18.4 Å². The van der Waals surface area contributed by atoms with E-state index in [-0.39, 0.29) is 22.3 Å². The molecule has 1 aliphatic rings. The number of nitrogens with one attached hydrogen (secondary N) is 1. The Morgan fingerprint density at radius 3 is 2.79 bits per heavy atom. The third kappa shape index (κ3) is 2.98. The molecule has 1 unspecified atom stereocenters. The van der Waals surface area contributed by atoms with Crippen molar-refractivity contribution in [1.82, 2.24) is 4.90 Å². The number of carbonyl (C=O) groups excluding carboxylic acids is 1. The van der Waals surface area contributed by atoms with Gasteiger partial charge in [-0.2, -0.15) is 0 Å². The Hall–Kier alpha value is -1.75. The minimum atomic E-state index is -1.16. The summed E-state index contributed by atoms with van der Waals surface area (Å²) in [5.41, 5.74) is 0.148. The number of hydrogen-bond donors (Lipinski definition) is 2. The molecule has 19 heavy (non-hydrogen) atoms. The number of rotatable bonds is 2. The minimum absolute atomic E-state index is 0.0789. The number of benzene rings is 1. The fourth-order valence-corrected chi connectivity index (χ4v) is 2.41. The first-order valence-corrected chi connectivity index (χ1v) is 6.44. The number of carbonyl (C=O) groups is 2. The van der Waals surface area contributed by atoms with Crippen molar-refractivity contribution in [3.63, 3.8) is 0 Å². The van der Waals surface area contributed by atoms with Crippen molar-refractivity contribution >= 4 is 29.3 Å². The molecule has 0 radical (unpaired) electrons. The highest BCUT2D eigenvalue weighted by atomic mass is 35.5. The van der Waals surface area contributed by atoms with Gasteiger partial charge in [0.05, 0.1) is 10.7 Å². The molecule has 6 heteroatoms. The van der Waals surface area contributed by atoms with Crippen LogP contribution >= 0.6 is 11.6 Å². The number of hydrogen-bond acceptors (Lipinski definition) is 2. The van der Waals surface area contributed by atoms with Gasteiger partial charge in [0.1, 0.15) is 5.56 Å². The molecule has 1 aliphatic heterocycles. The quantitative estimate of drug-likeness (QED) is 0.876. The summed E-state index contributed by atoms with van der Waals surface area (Å²) < 4.78 is 0. The summed E-state index contributed by atoms with van der Waals surface area (Å²) in [4.78, 5) is 24.9. The monoisotopic (exact) mass is 282 g/mol. The van der Waals surface area contributed by atoms with E-state index < -0.39 is 5.97 Å². The highest BCUT2D eigenvalue weighted by Gasteiger charge is 2.24. The number of carboxylic acid groups (broad SMARTS) is 1. The Labute approximate surface area is 116 Å². The van der Waals surface area contributed by atoms with Crippen LogP contribution in [-0.2, 0) is 0 Å². The zero-order valence-electron chi connectivity index (χ0n) is 10.5. The summed E-state index contributed by atoms with van der Waals surface area (Å²) in [7, 11) is 0. The number of carboxylic acids is 1. The van der Waals surface area contributed by atoms with Gasteiger partial charge in [0.15, 0.2) is 0 Å². The molecular formula is C13H15ClN2O3. The standard InChI is InChI=1S/C13H15ClN2O3/c1-8-5-6-16(7-8)13(19)15-10-4-2-3-9(14)11(10)12(17)18/h2-4,8H,5-7H2,1H3,(H,15,19)(H,17,18). The van der Waals surface area contributed by atoms with Crippen LogP contribution in [0.3, 0.4) is 0 Å². The number of nitrogens with zero attached hydrogens (tertiary/aromatic N) is 1. The van der Waals surface area contributed by atoms with Crippen molar-refractivity contribution in [2.24, 2.45) is 5.92 Å².